The van der Waals surface area contributed by atoms with Gasteiger partial charge in [0, 0.05) is 34.4 Å². The van der Waals surface area contributed by atoms with Crippen molar-refractivity contribution in [2.45, 2.75) is 26.3 Å². The number of rotatable bonds is 5. The van der Waals surface area contributed by atoms with E-state index in [1.807, 2.05) is 28.3 Å². The molecule has 1 aromatic carbocycles. The number of carbonyl (C=O) groups is 1. The largest absolute Gasteiger partial charge is 0.339 e. The van der Waals surface area contributed by atoms with Crippen LogP contribution in [0, 0.1) is 0 Å². The van der Waals surface area contributed by atoms with Gasteiger partial charge in [-0.1, -0.05) is 37.0 Å². The van der Waals surface area contributed by atoms with Gasteiger partial charge in [0.05, 0.1) is 0 Å². The van der Waals surface area contributed by atoms with Gasteiger partial charge < -0.3 is 4.57 Å². The Bertz CT molecular complexity index is 888. The van der Waals surface area contributed by atoms with Crippen molar-refractivity contribution in [3.8, 4) is 0 Å². The zero-order valence-electron chi connectivity index (χ0n) is 13.8. The van der Waals surface area contributed by atoms with Gasteiger partial charge in [-0.05, 0) is 41.3 Å². The summed E-state index contributed by atoms with van der Waals surface area (Å²) in [5.41, 5.74) is 2.51. The van der Waals surface area contributed by atoms with Crippen molar-refractivity contribution < 1.29 is 4.79 Å². The topological polar surface area (TPSA) is 46.9 Å². The molecule has 3 aromatic rings. The molecule has 3 rings (SSSR count). The normalized spacial score (nSPS) is 11.1. The molecule has 2 aromatic heterocycles. The Kier molecular flexibility index (Phi) is 5.47. The number of hydrogen-bond donors (Lipinski definition) is 1. The summed E-state index contributed by atoms with van der Waals surface area (Å²) in [4.78, 5) is 16.8. The molecule has 0 saturated heterocycles. The second-order valence-corrected chi connectivity index (χ2v) is 7.71. The minimum absolute atomic E-state index is 0.194. The molecule has 1 amide bonds. The van der Waals surface area contributed by atoms with Gasteiger partial charge in [-0.15, -0.1) is 11.3 Å². The van der Waals surface area contributed by atoms with Crippen LogP contribution in [-0.4, -0.2) is 15.5 Å². The summed E-state index contributed by atoms with van der Waals surface area (Å²) in [5, 5.41) is 6.46. The average molecular weight is 394 g/mol. The number of anilines is 1. The Morgan fingerprint density at radius 1 is 1.32 bits per heavy atom. The maximum absolute atomic E-state index is 12.7. The number of amides is 1. The number of halogens is 2. The van der Waals surface area contributed by atoms with Crippen molar-refractivity contribution in [1.29, 1.82) is 0 Å². The first-order valence-corrected chi connectivity index (χ1v) is 9.42. The van der Waals surface area contributed by atoms with Crippen molar-refractivity contribution in [1.82, 2.24) is 9.55 Å². The highest BCUT2D eigenvalue weighted by molar-refractivity contribution is 7.13. The van der Waals surface area contributed by atoms with Gasteiger partial charge in [0.15, 0.2) is 5.13 Å². The van der Waals surface area contributed by atoms with E-state index in [9.17, 15) is 4.79 Å². The monoisotopic (exact) mass is 393 g/mol. The molecule has 0 fully saturated rings. The van der Waals surface area contributed by atoms with Gasteiger partial charge in [0.1, 0.15) is 5.69 Å². The number of hydrogen-bond acceptors (Lipinski definition) is 3. The zero-order chi connectivity index (χ0) is 18.0. The Morgan fingerprint density at radius 2 is 2.12 bits per heavy atom. The predicted octanol–water partition coefficient (Wildman–Crippen LogP) is 5.68. The van der Waals surface area contributed by atoms with Crippen LogP contribution < -0.4 is 5.32 Å². The first kappa shape index (κ1) is 18.0. The van der Waals surface area contributed by atoms with E-state index in [2.05, 4.69) is 24.1 Å². The van der Waals surface area contributed by atoms with Crippen molar-refractivity contribution >= 4 is 45.6 Å². The van der Waals surface area contributed by atoms with E-state index in [1.165, 1.54) is 11.3 Å². The quantitative estimate of drug-likeness (QED) is 0.606. The molecule has 0 aliphatic carbocycles. The highest BCUT2D eigenvalue weighted by Gasteiger charge is 2.17. The summed E-state index contributed by atoms with van der Waals surface area (Å²) in [6.07, 6.45) is 3.64. The van der Waals surface area contributed by atoms with Crippen LogP contribution in [-0.2, 0) is 6.54 Å². The maximum atomic E-state index is 12.7. The predicted molar refractivity (Wildman–Crippen MR) is 104 cm³/mol. The van der Waals surface area contributed by atoms with Gasteiger partial charge in [0.2, 0.25) is 0 Å². The molecular weight excluding hydrogens is 377 g/mol. The van der Waals surface area contributed by atoms with E-state index in [0.29, 0.717) is 33.3 Å². The molecule has 0 bridgehead atoms. The molecule has 4 nitrogen and oxygen atoms in total. The fraction of sp³-hybridized carbons (Fsp3) is 0.222. The second-order valence-electron chi connectivity index (χ2n) is 5.97. The SMILES string of the molecule is CC(C)c1cc(C(=O)Nc2nccs2)n(Cc2cc(Cl)ccc2Cl)c1. The van der Waals surface area contributed by atoms with Gasteiger partial charge in [-0.25, -0.2) is 4.98 Å². The lowest BCUT2D eigenvalue weighted by molar-refractivity contribution is 0.101. The first-order chi connectivity index (χ1) is 11.9. The smallest absolute Gasteiger partial charge is 0.274 e. The molecule has 0 spiro atoms. The Labute approximate surface area is 160 Å². The first-order valence-electron chi connectivity index (χ1n) is 7.79. The lowest BCUT2D eigenvalue weighted by Gasteiger charge is -2.10. The second kappa shape index (κ2) is 7.60. The molecule has 130 valence electrons. The van der Waals surface area contributed by atoms with Crippen molar-refractivity contribution in [3.63, 3.8) is 0 Å². The number of aromatic nitrogens is 2. The molecule has 1 N–H and O–H groups in total. The third-order valence-corrected chi connectivity index (χ3v) is 5.11. The molecule has 0 aliphatic rings. The molecule has 0 saturated carbocycles. The fourth-order valence-electron chi connectivity index (χ4n) is 2.46. The summed E-state index contributed by atoms with van der Waals surface area (Å²) in [5.74, 6) is 0.113. The summed E-state index contributed by atoms with van der Waals surface area (Å²) >= 11 is 13.7. The summed E-state index contributed by atoms with van der Waals surface area (Å²) < 4.78 is 1.90. The number of nitrogens with zero attached hydrogens (tertiary/aromatic N) is 2. The molecule has 0 unspecified atom stereocenters. The summed E-state index contributed by atoms with van der Waals surface area (Å²) in [6, 6.07) is 7.24. The molecule has 0 radical (unpaired) electrons. The van der Waals surface area contributed by atoms with Gasteiger partial charge in [-0.3, -0.25) is 10.1 Å². The van der Waals surface area contributed by atoms with Gasteiger partial charge in [-0.2, -0.15) is 0 Å². The van der Waals surface area contributed by atoms with Crippen LogP contribution in [0.1, 0.15) is 41.4 Å². The minimum Gasteiger partial charge on any atom is -0.339 e. The third kappa shape index (κ3) is 4.24. The summed E-state index contributed by atoms with van der Waals surface area (Å²) in [7, 11) is 0. The molecule has 25 heavy (non-hydrogen) atoms. The minimum atomic E-state index is -0.194. The van der Waals surface area contributed by atoms with Crippen LogP contribution in [0.15, 0.2) is 42.0 Å². The highest BCUT2D eigenvalue weighted by Crippen LogP contribution is 2.25. The van der Waals surface area contributed by atoms with Gasteiger partial charge in [0.25, 0.3) is 5.91 Å². The average Bonchev–Trinajstić information content (AvgIpc) is 3.20. The van der Waals surface area contributed by atoms with Crippen molar-refractivity contribution in [2.24, 2.45) is 0 Å². The molecule has 0 aliphatic heterocycles. The lowest BCUT2D eigenvalue weighted by atomic mass is 10.1. The molecule has 2 heterocycles. The number of nitrogens with one attached hydrogen (secondary N) is 1. The highest BCUT2D eigenvalue weighted by atomic mass is 35.5. The van der Waals surface area contributed by atoms with Crippen molar-refractivity contribution in [3.05, 3.63) is 68.9 Å². The van der Waals surface area contributed by atoms with Crippen LogP contribution in [0.25, 0.3) is 0 Å². The fourth-order valence-corrected chi connectivity index (χ4v) is 3.36. The number of thiazole rings is 1. The Morgan fingerprint density at radius 3 is 2.80 bits per heavy atom. The molecular formula is C18H17Cl2N3OS. The lowest BCUT2D eigenvalue weighted by Crippen LogP contribution is -2.17. The van der Waals surface area contributed by atoms with E-state index >= 15 is 0 Å². The van der Waals surface area contributed by atoms with Crippen LogP contribution >= 0.6 is 34.5 Å². The van der Waals surface area contributed by atoms with Gasteiger partial charge >= 0.3 is 0 Å². The van der Waals surface area contributed by atoms with Crippen LogP contribution in [0.2, 0.25) is 10.0 Å². The van der Waals surface area contributed by atoms with Crippen molar-refractivity contribution in [2.75, 3.05) is 5.32 Å². The van der Waals surface area contributed by atoms with Crippen LogP contribution in [0.4, 0.5) is 5.13 Å². The zero-order valence-corrected chi connectivity index (χ0v) is 16.1. The van der Waals surface area contributed by atoms with E-state index in [-0.39, 0.29) is 5.91 Å². The van der Waals surface area contributed by atoms with E-state index in [1.54, 1.807) is 18.3 Å². The summed E-state index contributed by atoms with van der Waals surface area (Å²) in [6.45, 7) is 4.65. The van der Waals surface area contributed by atoms with E-state index < -0.39 is 0 Å². The van der Waals surface area contributed by atoms with Crippen LogP contribution in [0.5, 0.6) is 0 Å². The third-order valence-electron chi connectivity index (χ3n) is 3.82. The number of carbonyl (C=O) groups excluding carboxylic acids is 1. The maximum Gasteiger partial charge on any atom is 0.274 e. The Hall–Kier alpha value is -1.82. The van der Waals surface area contributed by atoms with Crippen LogP contribution in [0.3, 0.4) is 0 Å². The molecule has 7 heteroatoms. The molecule has 0 atom stereocenters. The van der Waals surface area contributed by atoms with E-state index in [0.717, 1.165) is 11.1 Å². The van der Waals surface area contributed by atoms with E-state index in [4.69, 9.17) is 23.2 Å². The standard InChI is InChI=1S/C18H17Cl2N3OS/c1-11(2)12-8-16(17(24)22-18-21-5-6-25-18)23(9-12)10-13-7-14(19)3-4-15(13)20/h3-9,11H,10H2,1-2H3,(H,21,22,24). The Balaban J connectivity index is 1.94. The number of benzene rings is 1.